The molecule has 0 bridgehead atoms. The van der Waals surface area contributed by atoms with Gasteiger partial charge in [0.15, 0.2) is 0 Å². The fourth-order valence-electron chi connectivity index (χ4n) is 2.54. The van der Waals surface area contributed by atoms with Crippen LogP contribution in [0.2, 0.25) is 0 Å². The van der Waals surface area contributed by atoms with Gasteiger partial charge in [0.1, 0.15) is 5.75 Å². The predicted molar refractivity (Wildman–Crippen MR) is 100 cm³/mol. The Hall–Kier alpha value is -3.07. The van der Waals surface area contributed by atoms with Crippen molar-refractivity contribution in [3.05, 3.63) is 90.5 Å². The first-order chi connectivity index (χ1) is 11.8. The second-order valence-electron chi connectivity index (χ2n) is 5.42. The van der Waals surface area contributed by atoms with Crippen molar-refractivity contribution >= 4 is 17.6 Å². The first-order valence-corrected chi connectivity index (χ1v) is 8.00. The van der Waals surface area contributed by atoms with Gasteiger partial charge in [0.2, 0.25) is 0 Å². The van der Waals surface area contributed by atoms with Gasteiger partial charge in [0, 0.05) is 29.7 Å². The number of para-hydroxylation sites is 3. The highest BCUT2D eigenvalue weighted by atomic mass is 16.3. The largest absolute Gasteiger partial charge is 0.507 e. The molecule has 0 aliphatic heterocycles. The molecule has 0 amide bonds. The number of anilines is 2. The average molecular weight is 316 g/mol. The molecule has 0 saturated carbocycles. The molecule has 0 heterocycles. The highest BCUT2D eigenvalue weighted by molar-refractivity contribution is 5.83. The van der Waals surface area contributed by atoms with E-state index >= 15 is 0 Å². The Balaban J connectivity index is 1.72. The van der Waals surface area contributed by atoms with Crippen LogP contribution in [-0.2, 0) is 0 Å². The average Bonchev–Trinajstić information content (AvgIpc) is 2.64. The van der Waals surface area contributed by atoms with Crippen molar-refractivity contribution in [1.82, 2.24) is 0 Å². The van der Waals surface area contributed by atoms with E-state index in [0.717, 1.165) is 23.5 Å². The molecule has 3 heteroatoms. The Bertz CT molecular complexity index is 746. The number of aliphatic imine (C=N–C) groups is 1. The van der Waals surface area contributed by atoms with Crippen LogP contribution in [0.3, 0.4) is 0 Å². The van der Waals surface area contributed by atoms with Gasteiger partial charge in [0.05, 0.1) is 6.54 Å². The fourth-order valence-corrected chi connectivity index (χ4v) is 2.54. The number of rotatable bonds is 6. The number of aromatic hydroxyl groups is 1. The topological polar surface area (TPSA) is 35.8 Å². The van der Waals surface area contributed by atoms with E-state index in [9.17, 15) is 5.11 Å². The molecule has 0 radical (unpaired) electrons. The van der Waals surface area contributed by atoms with E-state index in [2.05, 4.69) is 34.2 Å². The Morgan fingerprint density at radius 2 is 1.29 bits per heavy atom. The molecule has 0 aliphatic rings. The molecule has 0 saturated heterocycles. The molecule has 3 rings (SSSR count). The van der Waals surface area contributed by atoms with E-state index in [1.807, 2.05) is 48.5 Å². The first-order valence-electron chi connectivity index (χ1n) is 8.00. The lowest BCUT2D eigenvalue weighted by Gasteiger charge is -2.24. The van der Waals surface area contributed by atoms with Crippen LogP contribution in [0.15, 0.2) is 89.9 Å². The standard InChI is InChI=1S/C21H20N2O/c24-21-14-8-7-9-18(21)17-22-15-16-23(19-10-3-1-4-11-19)20-12-5-2-6-13-20/h1-14,17,24H,15-16H2. The van der Waals surface area contributed by atoms with Crippen LogP contribution >= 0.6 is 0 Å². The lowest BCUT2D eigenvalue weighted by Crippen LogP contribution is -2.20. The van der Waals surface area contributed by atoms with Crippen molar-refractivity contribution in [3.8, 4) is 5.75 Å². The zero-order valence-electron chi connectivity index (χ0n) is 13.4. The van der Waals surface area contributed by atoms with Gasteiger partial charge < -0.3 is 10.0 Å². The van der Waals surface area contributed by atoms with E-state index in [1.54, 1.807) is 18.3 Å². The predicted octanol–water partition coefficient (Wildman–Crippen LogP) is 4.65. The molecule has 1 N–H and O–H groups in total. The quantitative estimate of drug-likeness (QED) is 0.672. The van der Waals surface area contributed by atoms with Crippen LogP contribution in [0.4, 0.5) is 11.4 Å². The van der Waals surface area contributed by atoms with Crippen molar-refractivity contribution in [2.24, 2.45) is 4.99 Å². The Labute approximate surface area is 142 Å². The third-order valence-corrected chi connectivity index (χ3v) is 3.76. The summed E-state index contributed by atoms with van der Waals surface area (Å²) in [6.07, 6.45) is 1.73. The summed E-state index contributed by atoms with van der Waals surface area (Å²) in [5.41, 5.74) is 3.02. The molecule has 120 valence electrons. The van der Waals surface area contributed by atoms with Gasteiger partial charge in [-0.15, -0.1) is 0 Å². The number of hydrogen-bond acceptors (Lipinski definition) is 3. The smallest absolute Gasteiger partial charge is 0.124 e. The number of phenolic OH excluding ortho intramolecular Hbond substituents is 1. The van der Waals surface area contributed by atoms with Gasteiger partial charge in [0.25, 0.3) is 0 Å². The summed E-state index contributed by atoms with van der Waals surface area (Å²) in [7, 11) is 0. The zero-order chi connectivity index (χ0) is 16.6. The minimum atomic E-state index is 0.254. The van der Waals surface area contributed by atoms with Crippen molar-refractivity contribution in [2.45, 2.75) is 0 Å². The van der Waals surface area contributed by atoms with Gasteiger partial charge in [-0.1, -0.05) is 48.5 Å². The third kappa shape index (κ3) is 4.02. The third-order valence-electron chi connectivity index (χ3n) is 3.76. The van der Waals surface area contributed by atoms with Crippen LogP contribution in [0, 0.1) is 0 Å². The lowest BCUT2D eigenvalue weighted by molar-refractivity contribution is 0.474. The number of phenols is 1. The van der Waals surface area contributed by atoms with Crippen LogP contribution < -0.4 is 4.90 Å². The van der Waals surface area contributed by atoms with E-state index in [1.165, 1.54) is 0 Å². The number of nitrogens with zero attached hydrogens (tertiary/aromatic N) is 2. The van der Waals surface area contributed by atoms with Crippen molar-refractivity contribution < 1.29 is 5.11 Å². The zero-order valence-corrected chi connectivity index (χ0v) is 13.4. The molecular formula is C21H20N2O. The van der Waals surface area contributed by atoms with Crippen LogP contribution in [-0.4, -0.2) is 24.4 Å². The number of hydrogen-bond donors (Lipinski definition) is 1. The van der Waals surface area contributed by atoms with Crippen molar-refractivity contribution in [3.63, 3.8) is 0 Å². The second-order valence-corrected chi connectivity index (χ2v) is 5.42. The fraction of sp³-hybridized carbons (Fsp3) is 0.0952. The van der Waals surface area contributed by atoms with Gasteiger partial charge in [-0.3, -0.25) is 4.99 Å². The van der Waals surface area contributed by atoms with Gasteiger partial charge in [-0.2, -0.15) is 0 Å². The molecule has 3 aromatic carbocycles. The molecule has 3 nitrogen and oxygen atoms in total. The Morgan fingerprint density at radius 1 is 0.750 bits per heavy atom. The normalized spacial score (nSPS) is 10.8. The maximum absolute atomic E-state index is 9.77. The molecule has 0 aromatic heterocycles. The summed E-state index contributed by atoms with van der Waals surface area (Å²) >= 11 is 0. The molecule has 3 aromatic rings. The van der Waals surface area contributed by atoms with E-state index in [0.29, 0.717) is 6.54 Å². The van der Waals surface area contributed by atoms with Crippen LogP contribution in [0.25, 0.3) is 0 Å². The summed E-state index contributed by atoms with van der Waals surface area (Å²) in [6, 6.07) is 27.8. The summed E-state index contributed by atoms with van der Waals surface area (Å²) in [4.78, 5) is 6.70. The maximum atomic E-state index is 9.77. The van der Waals surface area contributed by atoms with Gasteiger partial charge >= 0.3 is 0 Å². The van der Waals surface area contributed by atoms with Gasteiger partial charge in [-0.05, 0) is 36.4 Å². The minimum Gasteiger partial charge on any atom is -0.507 e. The maximum Gasteiger partial charge on any atom is 0.124 e. The molecule has 24 heavy (non-hydrogen) atoms. The summed E-state index contributed by atoms with van der Waals surface area (Å²) in [5.74, 6) is 0.254. The van der Waals surface area contributed by atoms with Gasteiger partial charge in [-0.25, -0.2) is 0 Å². The van der Waals surface area contributed by atoms with E-state index in [4.69, 9.17) is 0 Å². The summed E-state index contributed by atoms with van der Waals surface area (Å²) in [6.45, 7) is 1.40. The van der Waals surface area contributed by atoms with E-state index in [-0.39, 0.29) is 5.75 Å². The molecule has 0 spiro atoms. The molecular weight excluding hydrogens is 296 g/mol. The van der Waals surface area contributed by atoms with E-state index < -0.39 is 0 Å². The van der Waals surface area contributed by atoms with Crippen molar-refractivity contribution in [1.29, 1.82) is 0 Å². The highest BCUT2D eigenvalue weighted by Crippen LogP contribution is 2.24. The summed E-state index contributed by atoms with van der Waals surface area (Å²) in [5, 5.41) is 9.77. The highest BCUT2D eigenvalue weighted by Gasteiger charge is 2.07. The lowest BCUT2D eigenvalue weighted by atomic mass is 10.2. The second kappa shape index (κ2) is 7.97. The monoisotopic (exact) mass is 316 g/mol. The van der Waals surface area contributed by atoms with Crippen LogP contribution in [0.5, 0.6) is 5.75 Å². The number of benzene rings is 3. The van der Waals surface area contributed by atoms with Crippen molar-refractivity contribution in [2.75, 3.05) is 18.0 Å². The molecule has 0 aliphatic carbocycles. The molecule has 0 fully saturated rings. The van der Waals surface area contributed by atoms with Crippen LogP contribution in [0.1, 0.15) is 5.56 Å². The molecule has 0 atom stereocenters. The summed E-state index contributed by atoms with van der Waals surface area (Å²) < 4.78 is 0. The first kappa shape index (κ1) is 15.8. The molecule has 0 unspecified atom stereocenters. The minimum absolute atomic E-state index is 0.254. The Kier molecular flexibility index (Phi) is 5.25. The Morgan fingerprint density at radius 3 is 1.88 bits per heavy atom. The SMILES string of the molecule is Oc1ccccc1C=NCCN(c1ccccc1)c1ccccc1.